The van der Waals surface area contributed by atoms with Crippen LogP contribution in [0, 0.1) is 0 Å². The Bertz CT molecular complexity index is 3100. The molecule has 2 aliphatic carbocycles. The van der Waals surface area contributed by atoms with E-state index in [1.807, 2.05) is 0 Å². The number of rotatable bonds is 6. The Morgan fingerprint density at radius 2 is 1.16 bits per heavy atom. The minimum atomic E-state index is -0.144. The molecule has 0 aliphatic heterocycles. The number of benzene rings is 8. The molecule has 0 fully saturated rings. The maximum atomic E-state index is 2.54. The van der Waals surface area contributed by atoms with Crippen LogP contribution in [0.15, 0.2) is 194 Å². The number of anilines is 3. The van der Waals surface area contributed by atoms with E-state index in [4.69, 9.17) is 0 Å². The number of para-hydroxylation sites is 2. The van der Waals surface area contributed by atoms with Crippen LogP contribution >= 0.6 is 0 Å². The second-order valence-corrected chi connectivity index (χ2v) is 16.0. The first-order valence-electron chi connectivity index (χ1n) is 20.2. The zero-order valence-electron chi connectivity index (χ0n) is 32.3. The van der Waals surface area contributed by atoms with E-state index < -0.39 is 0 Å². The summed E-state index contributed by atoms with van der Waals surface area (Å²) in [7, 11) is 0. The Kier molecular flexibility index (Phi) is 7.69. The summed E-state index contributed by atoms with van der Waals surface area (Å²) in [5.41, 5.74) is 17.2. The Balaban J connectivity index is 1.22. The Morgan fingerprint density at radius 3 is 2.00 bits per heavy atom. The van der Waals surface area contributed by atoms with Gasteiger partial charge in [-0.25, -0.2) is 0 Å². The molecule has 0 atom stereocenters. The van der Waals surface area contributed by atoms with E-state index in [2.05, 4.69) is 217 Å². The number of hydrogen-bond acceptors (Lipinski definition) is 1. The van der Waals surface area contributed by atoms with Crippen molar-refractivity contribution in [2.45, 2.75) is 32.1 Å². The number of allylic oxidation sites excluding steroid dienone is 4. The molecule has 9 aromatic rings. The number of hydrogen-bond donors (Lipinski definition) is 0. The van der Waals surface area contributed by atoms with Crippen molar-refractivity contribution in [3.8, 4) is 33.4 Å². The Labute approximate surface area is 334 Å². The largest absolute Gasteiger partial charge is 0.310 e. The first-order chi connectivity index (χ1) is 28.1. The lowest BCUT2D eigenvalue weighted by molar-refractivity contribution is 0.660. The van der Waals surface area contributed by atoms with E-state index in [9.17, 15) is 0 Å². The molecule has 0 spiro atoms. The molecule has 1 aromatic heterocycles. The smallest absolute Gasteiger partial charge is 0.0562 e. The van der Waals surface area contributed by atoms with Gasteiger partial charge in [-0.3, -0.25) is 0 Å². The minimum Gasteiger partial charge on any atom is -0.310 e. The van der Waals surface area contributed by atoms with Crippen molar-refractivity contribution in [1.29, 1.82) is 0 Å². The quantitative estimate of drug-likeness (QED) is 0.165. The molecule has 0 amide bonds. The first kappa shape index (κ1) is 33.4. The van der Waals surface area contributed by atoms with Gasteiger partial charge >= 0.3 is 0 Å². The van der Waals surface area contributed by atoms with Crippen molar-refractivity contribution < 1.29 is 0 Å². The predicted molar refractivity (Wildman–Crippen MR) is 243 cm³/mol. The standard InChI is InChI=1S/C55H42N2/c1-55(2)47-29-12-9-24-42(47)43-35-34-40(36-48(43)55)57(52-33-17-32-51-54(52)46-26-11-14-31-50(46)56(51)39-22-7-4-8-23-39)49-30-13-10-25-44(49)45-28-16-21-38-20-15-27-41(53(38)45)37-18-5-3-6-19-37/h3,5-7,9-36H,4,8H2,1-2H3. The highest BCUT2D eigenvalue weighted by Gasteiger charge is 2.36. The molecule has 57 heavy (non-hydrogen) atoms. The number of fused-ring (bicyclic) bond motifs is 7. The van der Waals surface area contributed by atoms with Crippen LogP contribution < -0.4 is 4.90 Å². The van der Waals surface area contributed by atoms with Crippen LogP contribution in [-0.4, -0.2) is 4.57 Å². The van der Waals surface area contributed by atoms with Crippen LogP contribution in [0.3, 0.4) is 0 Å². The van der Waals surface area contributed by atoms with Crippen LogP contribution in [0.4, 0.5) is 17.1 Å². The lowest BCUT2D eigenvalue weighted by Gasteiger charge is -2.31. The van der Waals surface area contributed by atoms with E-state index >= 15 is 0 Å². The van der Waals surface area contributed by atoms with Crippen molar-refractivity contribution in [3.63, 3.8) is 0 Å². The first-order valence-corrected chi connectivity index (χ1v) is 20.2. The van der Waals surface area contributed by atoms with Gasteiger partial charge in [0.05, 0.1) is 22.4 Å². The monoisotopic (exact) mass is 730 g/mol. The van der Waals surface area contributed by atoms with Crippen LogP contribution in [-0.2, 0) is 5.41 Å². The molecule has 8 aromatic carbocycles. The van der Waals surface area contributed by atoms with E-state index in [1.54, 1.807) is 0 Å². The average molecular weight is 731 g/mol. The SMILES string of the molecule is CC1(C)c2ccccc2-c2ccc(N(c3ccccc3-c3cccc4cccc(-c5ccccc5)c34)c3cccc4c3c3ccccc3n4C3=CCCC=C3)cc21. The summed E-state index contributed by atoms with van der Waals surface area (Å²) in [4.78, 5) is 2.54. The predicted octanol–water partition coefficient (Wildman–Crippen LogP) is 15.2. The van der Waals surface area contributed by atoms with E-state index in [0.29, 0.717) is 0 Å². The van der Waals surface area contributed by atoms with Crippen LogP contribution in [0.1, 0.15) is 37.8 Å². The van der Waals surface area contributed by atoms with Crippen LogP contribution in [0.2, 0.25) is 0 Å². The molecular formula is C55H42N2. The topological polar surface area (TPSA) is 8.17 Å². The summed E-state index contributed by atoms with van der Waals surface area (Å²) in [6.45, 7) is 4.75. The summed E-state index contributed by atoms with van der Waals surface area (Å²) < 4.78 is 2.47. The molecule has 0 saturated heterocycles. The fourth-order valence-corrected chi connectivity index (χ4v) is 9.79. The summed E-state index contributed by atoms with van der Waals surface area (Å²) in [6.07, 6.45) is 9.11. The third-order valence-electron chi connectivity index (χ3n) is 12.4. The zero-order chi connectivity index (χ0) is 38.1. The summed E-state index contributed by atoms with van der Waals surface area (Å²) >= 11 is 0. The van der Waals surface area contributed by atoms with E-state index in [1.165, 1.54) is 82.8 Å². The third-order valence-corrected chi connectivity index (χ3v) is 12.4. The highest BCUT2D eigenvalue weighted by Crippen LogP contribution is 2.53. The van der Waals surface area contributed by atoms with Crippen LogP contribution in [0.25, 0.3) is 71.7 Å². The van der Waals surface area contributed by atoms with Crippen molar-refractivity contribution in [3.05, 3.63) is 205 Å². The molecule has 0 bridgehead atoms. The maximum absolute atomic E-state index is 2.54. The molecule has 2 heteroatoms. The lowest BCUT2D eigenvalue weighted by Crippen LogP contribution is -2.17. The molecular weight excluding hydrogens is 689 g/mol. The summed E-state index contributed by atoms with van der Waals surface area (Å²) in [5.74, 6) is 0. The van der Waals surface area contributed by atoms with Gasteiger partial charge in [0.15, 0.2) is 0 Å². The molecule has 2 nitrogen and oxygen atoms in total. The van der Waals surface area contributed by atoms with Gasteiger partial charge in [0.1, 0.15) is 0 Å². The lowest BCUT2D eigenvalue weighted by atomic mass is 9.82. The van der Waals surface area contributed by atoms with Gasteiger partial charge in [0, 0.05) is 33.1 Å². The fourth-order valence-electron chi connectivity index (χ4n) is 9.79. The summed E-state index contributed by atoms with van der Waals surface area (Å²) in [6, 6.07) is 65.2. The van der Waals surface area contributed by atoms with Gasteiger partial charge in [-0.1, -0.05) is 166 Å². The molecule has 272 valence electrons. The normalized spacial score (nSPS) is 14.2. The van der Waals surface area contributed by atoms with Crippen molar-refractivity contribution in [2.24, 2.45) is 0 Å². The number of aromatic nitrogens is 1. The zero-order valence-corrected chi connectivity index (χ0v) is 32.3. The Hall–Kier alpha value is -6.90. The Morgan fingerprint density at radius 1 is 0.491 bits per heavy atom. The van der Waals surface area contributed by atoms with E-state index in [-0.39, 0.29) is 5.41 Å². The third kappa shape index (κ3) is 5.17. The van der Waals surface area contributed by atoms with Crippen molar-refractivity contribution >= 4 is 55.3 Å². The molecule has 2 aliphatic rings. The van der Waals surface area contributed by atoms with Crippen molar-refractivity contribution in [2.75, 3.05) is 4.90 Å². The van der Waals surface area contributed by atoms with Gasteiger partial charge in [0.2, 0.25) is 0 Å². The highest BCUT2D eigenvalue weighted by atomic mass is 15.2. The van der Waals surface area contributed by atoms with Gasteiger partial charge in [0.25, 0.3) is 0 Å². The fraction of sp³-hybridized carbons (Fsp3) is 0.0909. The van der Waals surface area contributed by atoms with E-state index in [0.717, 1.165) is 29.9 Å². The molecule has 0 saturated carbocycles. The van der Waals surface area contributed by atoms with Gasteiger partial charge < -0.3 is 9.47 Å². The molecule has 0 N–H and O–H groups in total. The van der Waals surface area contributed by atoms with Crippen LogP contribution in [0.5, 0.6) is 0 Å². The minimum absolute atomic E-state index is 0.144. The van der Waals surface area contributed by atoms with Gasteiger partial charge in [-0.15, -0.1) is 0 Å². The highest BCUT2D eigenvalue weighted by molar-refractivity contribution is 6.18. The molecule has 1 heterocycles. The van der Waals surface area contributed by atoms with Crippen molar-refractivity contribution in [1.82, 2.24) is 4.57 Å². The van der Waals surface area contributed by atoms with Gasteiger partial charge in [-0.05, 0) is 105 Å². The molecule has 0 radical (unpaired) electrons. The average Bonchev–Trinajstić information content (AvgIpc) is 3.73. The molecule has 11 rings (SSSR count). The maximum Gasteiger partial charge on any atom is 0.0562 e. The molecule has 0 unspecified atom stereocenters. The summed E-state index contributed by atoms with van der Waals surface area (Å²) in [5, 5.41) is 4.98. The second-order valence-electron chi connectivity index (χ2n) is 16.0. The van der Waals surface area contributed by atoms with Gasteiger partial charge in [-0.2, -0.15) is 0 Å². The number of nitrogens with zero attached hydrogens (tertiary/aromatic N) is 2. The second kappa shape index (κ2) is 13.1.